The van der Waals surface area contributed by atoms with Gasteiger partial charge in [0.15, 0.2) is 0 Å². The molecule has 0 saturated heterocycles. The molecule has 0 amide bonds. The Hall–Kier alpha value is -1.58. The van der Waals surface area contributed by atoms with Gasteiger partial charge in [0, 0.05) is 12.7 Å². The fourth-order valence-corrected chi connectivity index (χ4v) is 1.64. The van der Waals surface area contributed by atoms with Crippen molar-refractivity contribution in [2.75, 3.05) is 0 Å². The van der Waals surface area contributed by atoms with Crippen molar-refractivity contribution >= 4 is 0 Å². The average Bonchev–Trinajstić information content (AvgIpc) is 2.71. The van der Waals surface area contributed by atoms with E-state index in [4.69, 9.17) is 0 Å². The van der Waals surface area contributed by atoms with E-state index >= 15 is 0 Å². The summed E-state index contributed by atoms with van der Waals surface area (Å²) < 4.78 is 4.16. The van der Waals surface area contributed by atoms with Crippen LogP contribution in [0.4, 0.5) is 0 Å². The van der Waals surface area contributed by atoms with Crippen LogP contribution in [0.3, 0.4) is 0 Å². The highest BCUT2D eigenvalue weighted by molar-refractivity contribution is 5.54. The van der Waals surface area contributed by atoms with Crippen LogP contribution in [0.25, 0.3) is 11.4 Å². The molecule has 0 N–H and O–H groups in total. The van der Waals surface area contributed by atoms with Crippen LogP contribution in [0, 0.1) is 0 Å². The highest BCUT2D eigenvalue weighted by Crippen LogP contribution is 2.22. The van der Waals surface area contributed by atoms with Crippen LogP contribution in [0.15, 0.2) is 24.8 Å². The summed E-state index contributed by atoms with van der Waals surface area (Å²) in [5, 5.41) is 4.21. The maximum absolute atomic E-state index is 4.21. The topological polar surface area (TPSA) is 35.6 Å². The summed E-state index contributed by atoms with van der Waals surface area (Å²) in [6, 6.07) is 2.02. The lowest BCUT2D eigenvalue weighted by Crippen LogP contribution is -2.15. The first-order chi connectivity index (χ1) is 5.95. The third-order valence-corrected chi connectivity index (χ3v) is 2.24. The fourth-order valence-electron chi connectivity index (χ4n) is 1.64. The third kappa shape index (κ3) is 0.617. The van der Waals surface area contributed by atoms with Crippen molar-refractivity contribution in [3.05, 3.63) is 24.8 Å². The zero-order chi connectivity index (χ0) is 7.97. The Morgan fingerprint density at radius 2 is 2.25 bits per heavy atom. The maximum Gasteiger partial charge on any atom is 0.0951 e. The molecule has 0 aliphatic carbocycles. The van der Waals surface area contributed by atoms with E-state index in [1.54, 1.807) is 0 Å². The lowest BCUT2D eigenvalue weighted by atomic mass is 10.3. The summed E-state index contributed by atoms with van der Waals surface area (Å²) in [5.74, 6) is 0. The SMILES string of the molecule is c1cc2n(n1)CCn1cncc1-2. The van der Waals surface area contributed by atoms with E-state index in [1.165, 1.54) is 11.4 Å². The van der Waals surface area contributed by atoms with Gasteiger partial charge in [0.05, 0.1) is 30.5 Å². The van der Waals surface area contributed by atoms with Crippen LogP contribution in [-0.2, 0) is 13.1 Å². The molecule has 1 aliphatic heterocycles. The smallest absolute Gasteiger partial charge is 0.0951 e. The highest BCUT2D eigenvalue weighted by Gasteiger charge is 2.14. The minimum absolute atomic E-state index is 0.950. The second-order valence-corrected chi connectivity index (χ2v) is 2.91. The summed E-state index contributed by atoms with van der Waals surface area (Å²) in [6.07, 6.45) is 5.58. The van der Waals surface area contributed by atoms with Crippen molar-refractivity contribution in [2.45, 2.75) is 13.1 Å². The number of hydrogen-bond acceptors (Lipinski definition) is 2. The highest BCUT2D eigenvalue weighted by atomic mass is 15.3. The fraction of sp³-hybridized carbons (Fsp3) is 0.250. The van der Waals surface area contributed by atoms with Crippen molar-refractivity contribution in [3.63, 3.8) is 0 Å². The van der Waals surface area contributed by atoms with Gasteiger partial charge in [-0.25, -0.2) is 4.98 Å². The lowest BCUT2D eigenvalue weighted by Gasteiger charge is -2.15. The predicted molar refractivity (Wildman–Crippen MR) is 43.4 cm³/mol. The second-order valence-electron chi connectivity index (χ2n) is 2.91. The van der Waals surface area contributed by atoms with Crippen LogP contribution >= 0.6 is 0 Å². The van der Waals surface area contributed by atoms with E-state index < -0.39 is 0 Å². The molecule has 4 heteroatoms. The van der Waals surface area contributed by atoms with Gasteiger partial charge in [0.1, 0.15) is 0 Å². The first kappa shape index (κ1) is 5.99. The molecule has 0 bridgehead atoms. The van der Waals surface area contributed by atoms with Crippen molar-refractivity contribution in [1.82, 2.24) is 19.3 Å². The summed E-state index contributed by atoms with van der Waals surface area (Å²) in [6.45, 7) is 1.93. The molecule has 60 valence electrons. The van der Waals surface area contributed by atoms with Crippen LogP contribution in [0.1, 0.15) is 0 Å². The maximum atomic E-state index is 4.21. The first-order valence-electron chi connectivity index (χ1n) is 3.97. The van der Waals surface area contributed by atoms with Crippen LogP contribution in [-0.4, -0.2) is 19.3 Å². The van der Waals surface area contributed by atoms with Crippen LogP contribution in [0.5, 0.6) is 0 Å². The van der Waals surface area contributed by atoms with Crippen LogP contribution in [0.2, 0.25) is 0 Å². The zero-order valence-corrected chi connectivity index (χ0v) is 6.51. The van der Waals surface area contributed by atoms with E-state index in [0.717, 1.165) is 13.1 Å². The molecule has 3 rings (SSSR count). The Morgan fingerprint density at radius 1 is 1.25 bits per heavy atom. The molecule has 0 spiro atoms. The molecule has 12 heavy (non-hydrogen) atoms. The van der Waals surface area contributed by atoms with Gasteiger partial charge in [-0.15, -0.1) is 0 Å². The number of aryl methyl sites for hydroxylation is 2. The van der Waals surface area contributed by atoms with Crippen LogP contribution < -0.4 is 0 Å². The minimum Gasteiger partial charge on any atom is -0.327 e. The summed E-state index contributed by atoms with van der Waals surface area (Å²) in [4.78, 5) is 4.10. The Bertz CT molecular complexity index is 372. The number of fused-ring (bicyclic) bond motifs is 3. The second kappa shape index (κ2) is 1.97. The Balaban J connectivity index is 2.32. The van der Waals surface area contributed by atoms with E-state index in [0.29, 0.717) is 0 Å². The molecule has 2 aromatic rings. The largest absolute Gasteiger partial charge is 0.327 e. The van der Waals surface area contributed by atoms with E-state index in [2.05, 4.69) is 14.6 Å². The van der Waals surface area contributed by atoms with Gasteiger partial charge >= 0.3 is 0 Å². The molecule has 4 nitrogen and oxygen atoms in total. The molecule has 0 radical (unpaired) electrons. The predicted octanol–water partition coefficient (Wildman–Crippen LogP) is 0.760. The molecule has 0 unspecified atom stereocenters. The minimum atomic E-state index is 0.950. The lowest BCUT2D eigenvalue weighted by molar-refractivity contribution is 0.514. The number of hydrogen-bond donors (Lipinski definition) is 0. The zero-order valence-electron chi connectivity index (χ0n) is 6.51. The van der Waals surface area contributed by atoms with E-state index in [-0.39, 0.29) is 0 Å². The van der Waals surface area contributed by atoms with Gasteiger partial charge in [-0.1, -0.05) is 0 Å². The van der Waals surface area contributed by atoms with Gasteiger partial charge in [-0.2, -0.15) is 5.10 Å². The number of aromatic nitrogens is 4. The molecule has 2 aromatic heterocycles. The van der Waals surface area contributed by atoms with Gasteiger partial charge in [0.2, 0.25) is 0 Å². The monoisotopic (exact) mass is 160 g/mol. The third-order valence-electron chi connectivity index (χ3n) is 2.24. The molecule has 0 saturated carbocycles. The summed E-state index contributed by atoms with van der Waals surface area (Å²) in [7, 11) is 0. The van der Waals surface area contributed by atoms with Gasteiger partial charge in [-0.05, 0) is 6.07 Å². The number of imidazole rings is 1. The average molecular weight is 160 g/mol. The Kier molecular flexibility index (Phi) is 0.983. The summed E-state index contributed by atoms with van der Waals surface area (Å²) >= 11 is 0. The van der Waals surface area contributed by atoms with Crippen molar-refractivity contribution in [3.8, 4) is 11.4 Å². The van der Waals surface area contributed by atoms with Gasteiger partial charge < -0.3 is 4.57 Å². The molecular weight excluding hydrogens is 152 g/mol. The summed E-state index contributed by atoms with van der Waals surface area (Å²) in [5.41, 5.74) is 2.33. The van der Waals surface area contributed by atoms with Gasteiger partial charge in [0.25, 0.3) is 0 Å². The van der Waals surface area contributed by atoms with Crippen molar-refractivity contribution in [1.29, 1.82) is 0 Å². The normalized spacial score (nSPS) is 14.0. The molecule has 0 fully saturated rings. The molecule has 0 aromatic carbocycles. The number of rotatable bonds is 0. The van der Waals surface area contributed by atoms with Gasteiger partial charge in [-0.3, -0.25) is 4.68 Å². The van der Waals surface area contributed by atoms with Crippen molar-refractivity contribution < 1.29 is 0 Å². The Morgan fingerprint density at radius 3 is 3.25 bits per heavy atom. The molecule has 1 aliphatic rings. The van der Waals surface area contributed by atoms with E-state index in [9.17, 15) is 0 Å². The Labute approximate surface area is 69.5 Å². The molecule has 3 heterocycles. The standard InChI is InChI=1S/C8H8N4/c1-2-10-12-4-3-11-6-9-5-8(11)7(1)12/h1-2,5-6H,3-4H2. The molecular formula is C8H8N4. The number of nitrogens with zero attached hydrogens (tertiary/aromatic N) is 4. The molecule has 0 atom stereocenters. The van der Waals surface area contributed by atoms with Crippen molar-refractivity contribution in [2.24, 2.45) is 0 Å². The van der Waals surface area contributed by atoms with E-state index in [1.807, 2.05) is 29.5 Å². The quantitative estimate of drug-likeness (QED) is 0.570. The first-order valence-corrected chi connectivity index (χ1v) is 3.97.